The van der Waals surface area contributed by atoms with Crippen LogP contribution in [0.25, 0.3) is 0 Å². The van der Waals surface area contributed by atoms with Crippen molar-refractivity contribution in [2.75, 3.05) is 13.3 Å². The monoisotopic (exact) mass is 431 g/mol. The highest BCUT2D eigenvalue weighted by molar-refractivity contribution is 6.02. The van der Waals surface area contributed by atoms with Crippen LogP contribution in [0, 0.1) is 4.91 Å². The van der Waals surface area contributed by atoms with Gasteiger partial charge in [-0.25, -0.2) is 0 Å². The molecule has 3 unspecified atom stereocenters. The molecular formula is C20H25N5O6. The Bertz CT molecular complexity index is 921. The summed E-state index contributed by atoms with van der Waals surface area (Å²) in [6.07, 6.45) is 1.99. The Morgan fingerprint density at radius 1 is 1.39 bits per heavy atom. The largest absolute Gasteiger partial charge is 0.454 e. The quantitative estimate of drug-likeness (QED) is 0.508. The maximum atomic E-state index is 12.8. The van der Waals surface area contributed by atoms with Crippen molar-refractivity contribution in [1.82, 2.24) is 10.6 Å². The lowest BCUT2D eigenvalue weighted by Crippen LogP contribution is -2.52. The third kappa shape index (κ3) is 4.18. The van der Waals surface area contributed by atoms with Crippen LogP contribution in [0.2, 0.25) is 0 Å². The number of primary amides is 1. The molecule has 166 valence electrons. The highest BCUT2D eigenvalue weighted by atomic mass is 16.7. The summed E-state index contributed by atoms with van der Waals surface area (Å²) >= 11 is 0. The number of carbonyl (C=O) groups is 2. The first kappa shape index (κ1) is 21.0. The Morgan fingerprint density at radius 3 is 2.94 bits per heavy atom. The van der Waals surface area contributed by atoms with Gasteiger partial charge < -0.3 is 30.7 Å². The maximum absolute atomic E-state index is 12.8. The maximum Gasteiger partial charge on any atom is 0.248 e. The van der Waals surface area contributed by atoms with Gasteiger partial charge in [0.2, 0.25) is 18.6 Å². The predicted octanol–water partition coefficient (Wildman–Crippen LogP) is 0.546. The lowest BCUT2D eigenvalue weighted by atomic mass is 9.91. The number of nitrogens with one attached hydrogen (secondary N) is 2. The van der Waals surface area contributed by atoms with Crippen LogP contribution in [0.15, 0.2) is 28.5 Å². The fraction of sp³-hybridized carbons (Fsp3) is 0.550. The number of nitrogens with zero attached hydrogens (tertiary/aromatic N) is 2. The zero-order chi connectivity index (χ0) is 22.0. The Labute approximate surface area is 178 Å². The molecule has 4 rings (SSSR count). The van der Waals surface area contributed by atoms with Crippen LogP contribution in [0.3, 0.4) is 0 Å². The number of carbonyl (C=O) groups excluding carboxylic acids is 2. The lowest BCUT2D eigenvalue weighted by molar-refractivity contribution is -0.125. The molecule has 11 heteroatoms. The molecule has 11 nitrogen and oxygen atoms in total. The fourth-order valence-electron chi connectivity index (χ4n) is 4.19. The number of benzene rings is 1. The highest BCUT2D eigenvalue weighted by Gasteiger charge is 2.48. The van der Waals surface area contributed by atoms with Crippen molar-refractivity contribution >= 4 is 17.5 Å². The summed E-state index contributed by atoms with van der Waals surface area (Å²) in [5, 5.41) is 13.0. The number of fused-ring (bicyclic) bond motifs is 1. The molecule has 31 heavy (non-hydrogen) atoms. The molecule has 1 aromatic rings. The number of hydrogen-bond acceptors (Lipinski definition) is 9. The first-order valence-corrected chi connectivity index (χ1v) is 10.3. The summed E-state index contributed by atoms with van der Waals surface area (Å²) in [4.78, 5) is 41.1. The summed E-state index contributed by atoms with van der Waals surface area (Å²) in [6, 6.07) is 3.00. The van der Waals surface area contributed by atoms with E-state index in [0.29, 0.717) is 43.7 Å². The summed E-state index contributed by atoms with van der Waals surface area (Å²) in [7, 11) is 0. The van der Waals surface area contributed by atoms with Gasteiger partial charge in [-0.3, -0.25) is 9.59 Å². The van der Waals surface area contributed by atoms with Crippen LogP contribution in [0.4, 0.5) is 0 Å². The molecule has 0 saturated carbocycles. The third-order valence-electron chi connectivity index (χ3n) is 5.82. The van der Waals surface area contributed by atoms with Crippen LogP contribution in [0.5, 0.6) is 11.5 Å². The van der Waals surface area contributed by atoms with Crippen molar-refractivity contribution < 1.29 is 23.9 Å². The van der Waals surface area contributed by atoms with E-state index in [0.717, 1.165) is 11.3 Å². The van der Waals surface area contributed by atoms with Crippen molar-refractivity contribution in [2.45, 2.75) is 56.3 Å². The number of nitroso groups, excluding NO2 is 1. The Morgan fingerprint density at radius 2 is 2.19 bits per heavy atom. The zero-order valence-electron chi connectivity index (χ0n) is 17.1. The molecule has 1 spiro atoms. The molecule has 0 radical (unpaired) electrons. The molecular weight excluding hydrogens is 406 g/mol. The average Bonchev–Trinajstić information content (AvgIpc) is 3.48. The summed E-state index contributed by atoms with van der Waals surface area (Å²) in [5.74, 6) is 0.173. The second kappa shape index (κ2) is 8.50. The molecule has 1 aromatic carbocycles. The van der Waals surface area contributed by atoms with E-state index in [1.807, 2.05) is 25.1 Å². The summed E-state index contributed by atoms with van der Waals surface area (Å²) in [6.45, 7) is 2.51. The van der Waals surface area contributed by atoms with E-state index in [1.165, 1.54) is 0 Å². The Balaban J connectivity index is 1.38. The standard InChI is InChI=1S/C20H25N5O6/c1-2-3-12(17(24-28)18(21)26)23-19(27)14-8-20(9-22-14)7-13(25-31-20)11-4-5-15-16(6-11)30-10-29-15/h4-6,12,14,17,22H,2-3,7-10H2,1H3,(H2,21,26)(H,23,27)/t12?,14?,17?,20-/m1/s1. The van der Waals surface area contributed by atoms with Gasteiger partial charge in [-0.1, -0.05) is 23.7 Å². The van der Waals surface area contributed by atoms with Crippen LogP contribution in [0.1, 0.15) is 38.2 Å². The molecule has 3 heterocycles. The van der Waals surface area contributed by atoms with Crippen molar-refractivity contribution in [3.63, 3.8) is 0 Å². The number of ether oxygens (including phenoxy) is 2. The number of nitrogens with two attached hydrogens (primary N) is 1. The minimum Gasteiger partial charge on any atom is -0.454 e. The van der Waals surface area contributed by atoms with Crippen LogP contribution >= 0.6 is 0 Å². The van der Waals surface area contributed by atoms with Gasteiger partial charge in [0.1, 0.15) is 0 Å². The van der Waals surface area contributed by atoms with Gasteiger partial charge in [-0.05, 0) is 24.6 Å². The molecule has 0 aromatic heterocycles. The van der Waals surface area contributed by atoms with Gasteiger partial charge in [-0.2, -0.15) is 0 Å². The van der Waals surface area contributed by atoms with Crippen molar-refractivity contribution in [1.29, 1.82) is 0 Å². The molecule has 0 aliphatic carbocycles. The van der Waals surface area contributed by atoms with Crippen LogP contribution < -0.4 is 25.8 Å². The smallest absolute Gasteiger partial charge is 0.248 e. The van der Waals surface area contributed by atoms with E-state index in [1.54, 1.807) is 0 Å². The highest BCUT2D eigenvalue weighted by Crippen LogP contribution is 2.37. The van der Waals surface area contributed by atoms with Gasteiger partial charge in [0, 0.05) is 24.9 Å². The van der Waals surface area contributed by atoms with Gasteiger partial charge in [0.15, 0.2) is 23.1 Å². The number of oxime groups is 1. The van der Waals surface area contributed by atoms with E-state index in [9.17, 15) is 14.5 Å². The third-order valence-corrected chi connectivity index (χ3v) is 5.82. The predicted molar refractivity (Wildman–Crippen MR) is 110 cm³/mol. The second-order valence-corrected chi connectivity index (χ2v) is 8.05. The molecule has 3 aliphatic rings. The van der Waals surface area contributed by atoms with Gasteiger partial charge in [0.25, 0.3) is 0 Å². The number of amides is 2. The first-order valence-electron chi connectivity index (χ1n) is 10.3. The molecule has 2 amide bonds. The van der Waals surface area contributed by atoms with Gasteiger partial charge >= 0.3 is 0 Å². The second-order valence-electron chi connectivity index (χ2n) is 8.05. The number of rotatable bonds is 8. The normalized spacial score (nSPS) is 25.6. The SMILES string of the molecule is CCCC(NC(=O)C1C[C@@]2(CN1)CC(c1ccc3c(c1)OCO3)=NO2)C(N=O)C(N)=O. The van der Waals surface area contributed by atoms with E-state index >= 15 is 0 Å². The number of hydrogen-bond donors (Lipinski definition) is 3. The summed E-state index contributed by atoms with van der Waals surface area (Å²) in [5.41, 5.74) is 6.26. The van der Waals surface area contributed by atoms with Gasteiger partial charge in [0.05, 0.1) is 17.8 Å². The Hall–Kier alpha value is -3.21. The molecule has 4 N–H and O–H groups in total. The molecule has 3 aliphatic heterocycles. The minimum absolute atomic E-state index is 0.196. The van der Waals surface area contributed by atoms with Crippen LogP contribution in [-0.2, 0) is 14.4 Å². The first-order chi connectivity index (χ1) is 14.9. The van der Waals surface area contributed by atoms with Gasteiger partial charge in [-0.15, -0.1) is 4.91 Å². The molecule has 1 fully saturated rings. The average molecular weight is 431 g/mol. The summed E-state index contributed by atoms with van der Waals surface area (Å²) < 4.78 is 10.8. The fourth-order valence-corrected chi connectivity index (χ4v) is 4.19. The zero-order valence-corrected chi connectivity index (χ0v) is 17.1. The molecule has 0 bridgehead atoms. The lowest BCUT2D eigenvalue weighted by Gasteiger charge is -2.23. The van der Waals surface area contributed by atoms with E-state index in [-0.39, 0.29) is 12.7 Å². The van der Waals surface area contributed by atoms with E-state index < -0.39 is 29.6 Å². The molecule has 4 atom stereocenters. The van der Waals surface area contributed by atoms with E-state index in [2.05, 4.69) is 21.0 Å². The van der Waals surface area contributed by atoms with Crippen molar-refractivity contribution in [3.05, 3.63) is 28.7 Å². The minimum atomic E-state index is -1.30. The van der Waals surface area contributed by atoms with Crippen molar-refractivity contribution in [2.24, 2.45) is 16.1 Å². The van der Waals surface area contributed by atoms with Crippen molar-refractivity contribution in [3.8, 4) is 11.5 Å². The topological polar surface area (TPSA) is 154 Å². The Kier molecular flexibility index (Phi) is 5.77. The molecule has 1 saturated heterocycles. The van der Waals surface area contributed by atoms with Crippen LogP contribution in [-0.4, -0.2) is 54.6 Å². The van der Waals surface area contributed by atoms with E-state index in [4.69, 9.17) is 20.0 Å².